The van der Waals surface area contributed by atoms with Crippen LogP contribution in [0, 0.1) is 11.6 Å². The summed E-state index contributed by atoms with van der Waals surface area (Å²) >= 11 is 0. The highest BCUT2D eigenvalue weighted by atomic mass is 19.1. The Hall–Kier alpha value is -4.14. The largest absolute Gasteiger partial charge is 0.494 e. The number of fused-ring (bicyclic) bond motifs is 1. The fraction of sp³-hybridized carbons (Fsp3) is 0.130. The lowest BCUT2D eigenvalue weighted by molar-refractivity contribution is -0.117. The molecule has 2 aromatic carbocycles. The number of ether oxygens (including phenoxy) is 1. The molecule has 0 atom stereocenters. The van der Waals surface area contributed by atoms with Crippen LogP contribution in [-0.2, 0) is 4.79 Å². The van der Waals surface area contributed by atoms with Crippen LogP contribution in [0.1, 0.15) is 6.42 Å². The van der Waals surface area contributed by atoms with E-state index in [1.165, 1.54) is 19.2 Å². The molecule has 0 aliphatic rings. The second kappa shape index (κ2) is 8.93. The lowest BCUT2D eigenvalue weighted by atomic mass is 10.0. The zero-order valence-corrected chi connectivity index (χ0v) is 17.1. The van der Waals surface area contributed by atoms with Gasteiger partial charge in [-0.1, -0.05) is 0 Å². The molecular formula is C23H19F2N5O2. The van der Waals surface area contributed by atoms with Crippen LogP contribution < -0.4 is 15.8 Å². The van der Waals surface area contributed by atoms with Crippen LogP contribution in [0.2, 0.25) is 0 Å². The van der Waals surface area contributed by atoms with E-state index in [1.807, 2.05) is 6.07 Å². The second-order valence-electron chi connectivity index (χ2n) is 6.98. The van der Waals surface area contributed by atoms with E-state index in [4.69, 9.17) is 10.5 Å². The molecule has 2 heterocycles. The summed E-state index contributed by atoms with van der Waals surface area (Å²) in [6.45, 7) is 0.241. The van der Waals surface area contributed by atoms with Gasteiger partial charge in [0.05, 0.1) is 7.11 Å². The topological polar surface area (TPSA) is 103 Å². The highest BCUT2D eigenvalue weighted by molar-refractivity contribution is 5.98. The smallest absolute Gasteiger partial charge is 0.219 e. The first-order valence-electron chi connectivity index (χ1n) is 9.74. The molecular weight excluding hydrogens is 416 g/mol. The van der Waals surface area contributed by atoms with Gasteiger partial charge < -0.3 is 15.8 Å². The van der Waals surface area contributed by atoms with E-state index in [0.717, 1.165) is 6.07 Å². The van der Waals surface area contributed by atoms with Crippen LogP contribution >= 0.6 is 0 Å². The predicted molar refractivity (Wildman–Crippen MR) is 117 cm³/mol. The molecule has 0 fully saturated rings. The number of nitrogens with one attached hydrogen (secondary N) is 1. The zero-order chi connectivity index (χ0) is 22.7. The Bertz CT molecular complexity index is 1300. The van der Waals surface area contributed by atoms with Gasteiger partial charge in [-0.2, -0.15) is 0 Å². The summed E-state index contributed by atoms with van der Waals surface area (Å²) in [5, 5.41) is 3.64. The Morgan fingerprint density at radius 1 is 1.12 bits per heavy atom. The number of carbonyl (C=O) groups excluding carboxylic acids is 1. The molecule has 162 valence electrons. The molecule has 4 aromatic rings. The number of primary amides is 1. The number of halogens is 2. The van der Waals surface area contributed by atoms with E-state index in [-0.39, 0.29) is 18.5 Å². The third kappa shape index (κ3) is 4.31. The third-order valence-electron chi connectivity index (χ3n) is 4.81. The van der Waals surface area contributed by atoms with E-state index >= 15 is 0 Å². The number of benzene rings is 2. The van der Waals surface area contributed by atoms with Crippen molar-refractivity contribution in [1.82, 2.24) is 15.0 Å². The number of anilines is 1. The summed E-state index contributed by atoms with van der Waals surface area (Å²) in [5.41, 5.74) is 7.08. The number of amides is 1. The van der Waals surface area contributed by atoms with Gasteiger partial charge in [0.25, 0.3) is 0 Å². The number of hydrogen-bond acceptors (Lipinski definition) is 6. The molecule has 0 aliphatic heterocycles. The van der Waals surface area contributed by atoms with Gasteiger partial charge in [-0.3, -0.25) is 9.78 Å². The average Bonchev–Trinajstić information content (AvgIpc) is 2.78. The van der Waals surface area contributed by atoms with Gasteiger partial charge in [0, 0.05) is 47.9 Å². The number of rotatable bonds is 7. The lowest BCUT2D eigenvalue weighted by Gasteiger charge is -2.15. The van der Waals surface area contributed by atoms with Gasteiger partial charge in [-0.25, -0.2) is 18.7 Å². The van der Waals surface area contributed by atoms with Crippen molar-refractivity contribution in [3.05, 3.63) is 66.5 Å². The highest BCUT2D eigenvalue weighted by Gasteiger charge is 2.17. The van der Waals surface area contributed by atoms with E-state index in [2.05, 4.69) is 20.3 Å². The maximum atomic E-state index is 14.5. The fourth-order valence-corrected chi connectivity index (χ4v) is 3.30. The molecule has 32 heavy (non-hydrogen) atoms. The molecule has 0 bridgehead atoms. The summed E-state index contributed by atoms with van der Waals surface area (Å²) in [6.07, 6.45) is 3.36. The van der Waals surface area contributed by atoms with Gasteiger partial charge in [0.2, 0.25) is 5.91 Å². The summed E-state index contributed by atoms with van der Waals surface area (Å²) < 4.78 is 33.4. The normalized spacial score (nSPS) is 10.8. The van der Waals surface area contributed by atoms with Crippen LogP contribution in [0.15, 0.2) is 54.9 Å². The van der Waals surface area contributed by atoms with Crippen LogP contribution in [0.3, 0.4) is 0 Å². The molecule has 0 aliphatic carbocycles. The van der Waals surface area contributed by atoms with Crippen molar-refractivity contribution in [2.75, 3.05) is 19.0 Å². The molecule has 0 radical (unpaired) electrons. The Morgan fingerprint density at radius 3 is 2.66 bits per heavy atom. The van der Waals surface area contributed by atoms with Gasteiger partial charge in [0.1, 0.15) is 28.7 Å². The van der Waals surface area contributed by atoms with Gasteiger partial charge in [-0.15, -0.1) is 0 Å². The molecule has 2 aromatic heterocycles. The third-order valence-corrected chi connectivity index (χ3v) is 4.81. The molecule has 0 spiro atoms. The number of pyridine rings is 1. The number of hydrogen-bond donors (Lipinski definition) is 2. The van der Waals surface area contributed by atoms with Crippen LogP contribution in [0.4, 0.5) is 14.6 Å². The molecule has 0 saturated heterocycles. The quantitative estimate of drug-likeness (QED) is 0.456. The number of methoxy groups -OCH3 is 1. The average molecular weight is 435 g/mol. The number of aromatic nitrogens is 3. The first-order valence-corrected chi connectivity index (χ1v) is 9.74. The van der Waals surface area contributed by atoms with Crippen molar-refractivity contribution in [3.63, 3.8) is 0 Å². The lowest BCUT2D eigenvalue weighted by Crippen LogP contribution is -2.16. The van der Waals surface area contributed by atoms with Gasteiger partial charge >= 0.3 is 0 Å². The van der Waals surface area contributed by atoms with Gasteiger partial charge in [-0.05, 0) is 42.0 Å². The maximum Gasteiger partial charge on any atom is 0.219 e. The fourth-order valence-electron chi connectivity index (χ4n) is 3.30. The van der Waals surface area contributed by atoms with E-state index in [0.29, 0.717) is 39.4 Å². The van der Waals surface area contributed by atoms with Crippen molar-refractivity contribution in [3.8, 4) is 28.3 Å². The summed E-state index contributed by atoms with van der Waals surface area (Å²) in [6, 6.07) is 10.3. The van der Waals surface area contributed by atoms with E-state index < -0.39 is 17.5 Å². The Morgan fingerprint density at radius 2 is 1.97 bits per heavy atom. The van der Waals surface area contributed by atoms with Crippen molar-refractivity contribution in [1.29, 1.82) is 0 Å². The molecule has 0 unspecified atom stereocenters. The summed E-state index contributed by atoms with van der Waals surface area (Å²) in [4.78, 5) is 24.5. The standard InChI is InChI=1S/C23H19F2N5O2/c1-32-19-10-14(16-5-4-15(24)11-18(16)25)9-17-21(19)29-22(13-3-2-7-27-12-13)30-23(17)28-8-6-20(26)31/h2-5,7,9-12H,6,8H2,1H3,(H2,26,31)(H,28,29,30). The summed E-state index contributed by atoms with van der Waals surface area (Å²) in [5.74, 6) is -0.648. The number of nitrogens with zero attached hydrogens (tertiary/aromatic N) is 3. The molecule has 9 heteroatoms. The minimum atomic E-state index is -0.706. The molecule has 3 N–H and O–H groups in total. The first-order chi connectivity index (χ1) is 15.5. The van der Waals surface area contributed by atoms with E-state index in [1.54, 1.807) is 30.6 Å². The predicted octanol–water partition coefficient (Wildman–Crippen LogP) is 3.93. The monoisotopic (exact) mass is 435 g/mol. The number of nitrogens with two attached hydrogens (primary N) is 1. The molecule has 7 nitrogen and oxygen atoms in total. The van der Waals surface area contributed by atoms with Gasteiger partial charge in [0.15, 0.2) is 5.82 Å². The van der Waals surface area contributed by atoms with Crippen molar-refractivity contribution in [2.45, 2.75) is 6.42 Å². The minimum absolute atomic E-state index is 0.0944. The second-order valence-corrected chi connectivity index (χ2v) is 6.98. The molecule has 4 rings (SSSR count). The first kappa shape index (κ1) is 21.1. The summed E-state index contributed by atoms with van der Waals surface area (Å²) in [7, 11) is 1.48. The SMILES string of the molecule is COc1cc(-c2ccc(F)cc2F)cc2c(NCCC(N)=O)nc(-c3cccnc3)nc12. The van der Waals surface area contributed by atoms with Crippen LogP contribution in [-0.4, -0.2) is 34.5 Å². The minimum Gasteiger partial charge on any atom is -0.494 e. The molecule has 1 amide bonds. The van der Waals surface area contributed by atoms with E-state index in [9.17, 15) is 13.6 Å². The Labute approximate surface area is 182 Å². The van der Waals surface area contributed by atoms with Crippen LogP contribution in [0.5, 0.6) is 5.75 Å². The Balaban J connectivity index is 1.93. The van der Waals surface area contributed by atoms with Crippen molar-refractivity contribution >= 4 is 22.6 Å². The van der Waals surface area contributed by atoms with Crippen molar-refractivity contribution in [2.24, 2.45) is 5.73 Å². The molecule has 0 saturated carbocycles. The van der Waals surface area contributed by atoms with Crippen LogP contribution in [0.25, 0.3) is 33.4 Å². The zero-order valence-electron chi connectivity index (χ0n) is 17.1. The van der Waals surface area contributed by atoms with Crippen molar-refractivity contribution < 1.29 is 18.3 Å². The number of carbonyl (C=O) groups is 1. The Kier molecular flexibility index (Phi) is 5.89. The highest BCUT2D eigenvalue weighted by Crippen LogP contribution is 2.36. The maximum absolute atomic E-state index is 14.5.